The Bertz CT molecular complexity index is 481. The zero-order valence-corrected chi connectivity index (χ0v) is 10.5. The maximum absolute atomic E-state index is 12.3. The van der Waals surface area contributed by atoms with Gasteiger partial charge in [-0.05, 0) is 24.8 Å². The molecule has 1 aliphatic rings. The van der Waals surface area contributed by atoms with Crippen molar-refractivity contribution < 1.29 is 14.8 Å². The molecule has 0 spiro atoms. The Morgan fingerprint density at radius 2 is 2.00 bits per heavy atom. The van der Waals surface area contributed by atoms with E-state index in [1.54, 1.807) is 17.0 Å². The third kappa shape index (κ3) is 2.90. The molecule has 1 amide bonds. The van der Waals surface area contributed by atoms with Crippen molar-refractivity contribution in [3.63, 3.8) is 0 Å². The lowest BCUT2D eigenvalue weighted by Crippen LogP contribution is -2.39. The van der Waals surface area contributed by atoms with Gasteiger partial charge < -0.3 is 10.0 Å². The van der Waals surface area contributed by atoms with E-state index in [9.17, 15) is 14.9 Å². The molecule has 0 unspecified atom stereocenters. The molecule has 0 radical (unpaired) electrons. The summed E-state index contributed by atoms with van der Waals surface area (Å²) < 4.78 is 0. The highest BCUT2D eigenvalue weighted by Gasteiger charge is 2.27. The fourth-order valence-electron chi connectivity index (χ4n) is 2.30. The Balaban J connectivity index is 2.15. The lowest BCUT2D eigenvalue weighted by atomic mass is 9.97. The number of hydrogen-bond donors (Lipinski definition) is 1. The Hall–Kier alpha value is -1.95. The normalized spacial score (nSPS) is 16.4. The molecule has 1 fully saturated rings. The molecule has 1 saturated heterocycles. The molecule has 6 nitrogen and oxygen atoms in total. The van der Waals surface area contributed by atoms with Gasteiger partial charge in [-0.1, -0.05) is 12.1 Å². The van der Waals surface area contributed by atoms with Crippen LogP contribution in [-0.2, 0) is 0 Å². The number of carbonyl (C=O) groups is 1. The predicted molar refractivity (Wildman–Crippen MR) is 68.8 cm³/mol. The van der Waals surface area contributed by atoms with Crippen LogP contribution in [0, 0.1) is 16.0 Å². The number of carbonyl (C=O) groups excluding carboxylic acids is 1. The summed E-state index contributed by atoms with van der Waals surface area (Å²) in [6, 6.07) is 6.00. The van der Waals surface area contributed by atoms with Crippen molar-refractivity contribution in [1.29, 1.82) is 0 Å². The molecule has 2 rings (SSSR count). The van der Waals surface area contributed by atoms with Gasteiger partial charge in [0.2, 0.25) is 0 Å². The Labute approximate surface area is 110 Å². The van der Waals surface area contributed by atoms with Gasteiger partial charge in [-0.3, -0.25) is 14.9 Å². The quantitative estimate of drug-likeness (QED) is 0.661. The summed E-state index contributed by atoms with van der Waals surface area (Å²) in [4.78, 5) is 24.3. The molecule has 1 aromatic carbocycles. The van der Waals surface area contributed by atoms with E-state index in [0.717, 1.165) is 12.8 Å². The standard InChI is InChI=1S/C13H16N2O4/c16-9-10-5-7-14(8-6-10)13(17)11-3-1-2-4-12(11)15(18)19/h1-4,10,16H,5-9H2. The number of para-hydroxylation sites is 1. The molecule has 0 bridgehead atoms. The topological polar surface area (TPSA) is 83.7 Å². The van der Waals surface area contributed by atoms with Crippen molar-refractivity contribution in [3.8, 4) is 0 Å². The number of aliphatic hydroxyl groups excluding tert-OH is 1. The van der Waals surface area contributed by atoms with E-state index in [0.29, 0.717) is 13.1 Å². The minimum absolute atomic E-state index is 0.132. The van der Waals surface area contributed by atoms with Gasteiger partial charge in [-0.15, -0.1) is 0 Å². The molecular formula is C13H16N2O4. The number of nitro benzene ring substituents is 1. The van der Waals surface area contributed by atoms with Gasteiger partial charge in [0.25, 0.3) is 11.6 Å². The second-order valence-corrected chi connectivity index (χ2v) is 4.69. The van der Waals surface area contributed by atoms with Crippen LogP contribution in [0.2, 0.25) is 0 Å². The number of nitrogens with zero attached hydrogens (tertiary/aromatic N) is 2. The van der Waals surface area contributed by atoms with Crippen LogP contribution < -0.4 is 0 Å². The highest BCUT2D eigenvalue weighted by molar-refractivity contribution is 5.98. The fraction of sp³-hybridized carbons (Fsp3) is 0.462. The van der Waals surface area contributed by atoms with Crippen LogP contribution in [0.25, 0.3) is 0 Å². The van der Waals surface area contributed by atoms with E-state index < -0.39 is 4.92 Å². The Morgan fingerprint density at radius 3 is 2.58 bits per heavy atom. The van der Waals surface area contributed by atoms with Crippen LogP contribution in [0.3, 0.4) is 0 Å². The van der Waals surface area contributed by atoms with Crippen LogP contribution in [0.5, 0.6) is 0 Å². The minimum Gasteiger partial charge on any atom is -0.396 e. The maximum Gasteiger partial charge on any atom is 0.282 e. The van der Waals surface area contributed by atoms with Crippen molar-refractivity contribution in [2.45, 2.75) is 12.8 Å². The molecule has 102 valence electrons. The first-order chi connectivity index (χ1) is 9.13. The molecule has 1 aliphatic heterocycles. The van der Waals surface area contributed by atoms with Crippen LogP contribution in [0.15, 0.2) is 24.3 Å². The second kappa shape index (κ2) is 5.79. The molecule has 1 N–H and O–H groups in total. The first-order valence-corrected chi connectivity index (χ1v) is 6.27. The van der Waals surface area contributed by atoms with E-state index in [2.05, 4.69) is 0 Å². The number of rotatable bonds is 3. The first kappa shape index (κ1) is 13.5. The highest BCUT2D eigenvalue weighted by Crippen LogP contribution is 2.23. The number of amides is 1. The van der Waals surface area contributed by atoms with Gasteiger partial charge in [0, 0.05) is 25.8 Å². The zero-order chi connectivity index (χ0) is 13.8. The van der Waals surface area contributed by atoms with Crippen LogP contribution in [-0.4, -0.2) is 40.5 Å². The molecular weight excluding hydrogens is 248 g/mol. The molecule has 1 aromatic rings. The monoisotopic (exact) mass is 264 g/mol. The van der Waals surface area contributed by atoms with Gasteiger partial charge in [-0.25, -0.2) is 0 Å². The van der Waals surface area contributed by atoms with E-state index >= 15 is 0 Å². The van der Waals surface area contributed by atoms with Gasteiger partial charge in [0.05, 0.1) is 4.92 Å². The number of hydrogen-bond acceptors (Lipinski definition) is 4. The van der Waals surface area contributed by atoms with E-state index in [1.807, 2.05) is 0 Å². The average Bonchev–Trinajstić information content (AvgIpc) is 2.46. The van der Waals surface area contributed by atoms with E-state index in [-0.39, 0.29) is 29.7 Å². The largest absolute Gasteiger partial charge is 0.396 e. The van der Waals surface area contributed by atoms with Crippen LogP contribution in [0.1, 0.15) is 23.2 Å². The Morgan fingerprint density at radius 1 is 1.37 bits per heavy atom. The van der Waals surface area contributed by atoms with Crippen molar-refractivity contribution in [3.05, 3.63) is 39.9 Å². The second-order valence-electron chi connectivity index (χ2n) is 4.69. The lowest BCUT2D eigenvalue weighted by molar-refractivity contribution is -0.385. The first-order valence-electron chi connectivity index (χ1n) is 6.27. The molecule has 6 heteroatoms. The smallest absolute Gasteiger partial charge is 0.282 e. The summed E-state index contributed by atoms with van der Waals surface area (Å²) in [6.45, 7) is 1.21. The molecule has 0 aliphatic carbocycles. The maximum atomic E-state index is 12.3. The number of nitro groups is 1. The molecule has 0 atom stereocenters. The van der Waals surface area contributed by atoms with Gasteiger partial charge in [0.1, 0.15) is 5.56 Å². The van der Waals surface area contributed by atoms with Gasteiger partial charge in [0.15, 0.2) is 0 Å². The van der Waals surface area contributed by atoms with Crippen LogP contribution in [0.4, 0.5) is 5.69 Å². The van der Waals surface area contributed by atoms with Crippen LogP contribution >= 0.6 is 0 Å². The molecule has 0 saturated carbocycles. The third-order valence-electron chi connectivity index (χ3n) is 3.49. The summed E-state index contributed by atoms with van der Waals surface area (Å²) in [5.74, 6) is -0.0708. The van der Waals surface area contributed by atoms with Gasteiger partial charge in [-0.2, -0.15) is 0 Å². The molecule has 0 aromatic heterocycles. The predicted octanol–water partition coefficient (Wildman–Crippen LogP) is 1.44. The summed E-state index contributed by atoms with van der Waals surface area (Å²) in [6.07, 6.45) is 1.48. The third-order valence-corrected chi connectivity index (χ3v) is 3.49. The van der Waals surface area contributed by atoms with Gasteiger partial charge >= 0.3 is 0 Å². The van der Waals surface area contributed by atoms with E-state index in [4.69, 9.17) is 5.11 Å². The fourth-order valence-corrected chi connectivity index (χ4v) is 2.30. The Kier molecular flexibility index (Phi) is 4.11. The highest BCUT2D eigenvalue weighted by atomic mass is 16.6. The average molecular weight is 264 g/mol. The molecule has 19 heavy (non-hydrogen) atoms. The number of likely N-dealkylation sites (tertiary alicyclic amines) is 1. The number of aliphatic hydroxyl groups is 1. The SMILES string of the molecule is O=C(c1ccccc1[N+](=O)[O-])N1CCC(CO)CC1. The van der Waals surface area contributed by atoms with E-state index in [1.165, 1.54) is 12.1 Å². The summed E-state index contributed by atoms with van der Waals surface area (Å²) >= 11 is 0. The van der Waals surface area contributed by atoms with Crippen molar-refractivity contribution in [2.24, 2.45) is 5.92 Å². The van der Waals surface area contributed by atoms with Crippen molar-refractivity contribution >= 4 is 11.6 Å². The number of piperidine rings is 1. The van der Waals surface area contributed by atoms with Crippen molar-refractivity contribution in [1.82, 2.24) is 4.90 Å². The zero-order valence-electron chi connectivity index (χ0n) is 10.5. The minimum atomic E-state index is -0.534. The van der Waals surface area contributed by atoms with Crippen molar-refractivity contribution in [2.75, 3.05) is 19.7 Å². The summed E-state index contributed by atoms with van der Waals surface area (Å²) in [5.41, 5.74) is -0.0215. The number of benzene rings is 1. The lowest BCUT2D eigenvalue weighted by Gasteiger charge is -2.31. The summed E-state index contributed by atoms with van der Waals surface area (Å²) in [5, 5.41) is 20.0. The molecule has 1 heterocycles. The summed E-state index contributed by atoms with van der Waals surface area (Å²) in [7, 11) is 0.